The summed E-state index contributed by atoms with van der Waals surface area (Å²) in [6.45, 7) is 7.52. The van der Waals surface area contributed by atoms with Crippen molar-refractivity contribution in [2.24, 2.45) is 5.92 Å². The fraction of sp³-hybridized carbons (Fsp3) is 0.370. The first-order valence-corrected chi connectivity index (χ1v) is 11.9. The van der Waals surface area contributed by atoms with Crippen molar-refractivity contribution in [3.63, 3.8) is 0 Å². The molecule has 0 saturated carbocycles. The molecule has 1 unspecified atom stereocenters. The van der Waals surface area contributed by atoms with Gasteiger partial charge in [-0.25, -0.2) is 4.98 Å². The monoisotopic (exact) mass is 457 g/mol. The number of piperazine rings is 1. The topological polar surface area (TPSA) is 70.6 Å². The molecular formula is C27H31N5O2. The first-order valence-electron chi connectivity index (χ1n) is 11.9. The highest BCUT2D eigenvalue weighted by atomic mass is 16.5. The van der Waals surface area contributed by atoms with E-state index < -0.39 is 0 Å². The summed E-state index contributed by atoms with van der Waals surface area (Å²) in [6, 6.07) is 16.3. The number of Topliss-reactive ketones (excluding diaryl/α,β-unsaturated/α-hetero) is 1. The Hall–Kier alpha value is -3.61. The van der Waals surface area contributed by atoms with E-state index >= 15 is 0 Å². The van der Waals surface area contributed by atoms with Crippen LogP contribution < -0.4 is 19.9 Å². The van der Waals surface area contributed by atoms with Crippen LogP contribution in [-0.4, -0.2) is 49.0 Å². The highest BCUT2D eigenvalue weighted by molar-refractivity contribution is 6.03. The molecule has 0 amide bonds. The van der Waals surface area contributed by atoms with E-state index in [0.717, 1.165) is 55.4 Å². The van der Waals surface area contributed by atoms with Crippen molar-refractivity contribution in [1.29, 1.82) is 0 Å². The Morgan fingerprint density at radius 3 is 2.44 bits per heavy atom. The molecule has 0 spiro atoms. The average molecular weight is 458 g/mol. The van der Waals surface area contributed by atoms with Crippen molar-refractivity contribution < 1.29 is 9.53 Å². The zero-order valence-corrected chi connectivity index (χ0v) is 20.0. The maximum Gasteiger partial charge on any atom is 0.227 e. The van der Waals surface area contributed by atoms with E-state index in [9.17, 15) is 4.79 Å². The summed E-state index contributed by atoms with van der Waals surface area (Å²) < 4.78 is 5.38. The maximum atomic E-state index is 13.0. The highest BCUT2D eigenvalue weighted by Gasteiger charge is 2.30. The zero-order chi connectivity index (χ0) is 23.7. The van der Waals surface area contributed by atoms with Crippen LogP contribution in [0.2, 0.25) is 0 Å². The van der Waals surface area contributed by atoms with Crippen LogP contribution in [0, 0.1) is 12.8 Å². The van der Waals surface area contributed by atoms with E-state index in [4.69, 9.17) is 14.7 Å². The molecule has 1 aromatic heterocycles. The van der Waals surface area contributed by atoms with Gasteiger partial charge in [-0.1, -0.05) is 30.7 Å². The summed E-state index contributed by atoms with van der Waals surface area (Å²) in [5, 5.41) is 3.41. The van der Waals surface area contributed by atoms with Gasteiger partial charge >= 0.3 is 0 Å². The molecule has 0 bridgehead atoms. The van der Waals surface area contributed by atoms with Crippen LogP contribution in [0.3, 0.4) is 0 Å². The molecule has 3 aromatic rings. The van der Waals surface area contributed by atoms with Crippen molar-refractivity contribution >= 4 is 28.9 Å². The summed E-state index contributed by atoms with van der Waals surface area (Å²) in [5.74, 6) is 2.60. The second kappa shape index (κ2) is 9.33. The van der Waals surface area contributed by atoms with Gasteiger partial charge in [-0.2, -0.15) is 4.98 Å². The molecule has 2 aliphatic rings. The molecule has 1 saturated heterocycles. The van der Waals surface area contributed by atoms with E-state index in [1.807, 2.05) is 24.3 Å². The minimum atomic E-state index is 0.123. The van der Waals surface area contributed by atoms with Gasteiger partial charge in [0.05, 0.1) is 18.4 Å². The minimum Gasteiger partial charge on any atom is -0.497 e. The van der Waals surface area contributed by atoms with Crippen molar-refractivity contribution in [1.82, 2.24) is 9.97 Å². The van der Waals surface area contributed by atoms with Gasteiger partial charge in [0.25, 0.3) is 0 Å². The van der Waals surface area contributed by atoms with Gasteiger partial charge in [-0.15, -0.1) is 0 Å². The molecule has 1 N–H and O–H groups in total. The van der Waals surface area contributed by atoms with Crippen molar-refractivity contribution in [2.75, 3.05) is 48.4 Å². The third kappa shape index (κ3) is 4.55. The molecule has 7 heteroatoms. The molecule has 176 valence electrons. The van der Waals surface area contributed by atoms with Crippen LogP contribution in [0.4, 0.5) is 23.1 Å². The lowest BCUT2D eigenvalue weighted by Gasteiger charge is -2.36. The van der Waals surface area contributed by atoms with E-state index in [1.54, 1.807) is 7.11 Å². The number of anilines is 4. The summed E-state index contributed by atoms with van der Waals surface area (Å²) in [6.07, 6.45) is 1.33. The third-order valence-electron chi connectivity index (χ3n) is 6.62. The largest absolute Gasteiger partial charge is 0.497 e. The Labute approximate surface area is 200 Å². The van der Waals surface area contributed by atoms with Crippen LogP contribution in [0.5, 0.6) is 5.75 Å². The highest BCUT2D eigenvalue weighted by Crippen LogP contribution is 2.32. The second-order valence-electron chi connectivity index (χ2n) is 9.30. The number of methoxy groups -OCH3 is 1. The average Bonchev–Trinajstić information content (AvgIpc) is 2.85. The summed E-state index contributed by atoms with van der Waals surface area (Å²) >= 11 is 0. The molecule has 34 heavy (non-hydrogen) atoms. The smallest absolute Gasteiger partial charge is 0.227 e. The van der Waals surface area contributed by atoms with Gasteiger partial charge in [-0.05, 0) is 43.5 Å². The van der Waals surface area contributed by atoms with Crippen molar-refractivity contribution in [3.8, 4) is 5.75 Å². The molecule has 2 heterocycles. The normalized spacial score (nSPS) is 18.0. The fourth-order valence-electron chi connectivity index (χ4n) is 4.73. The minimum absolute atomic E-state index is 0.123. The lowest BCUT2D eigenvalue weighted by Crippen LogP contribution is -2.47. The van der Waals surface area contributed by atoms with Gasteiger partial charge in [0.15, 0.2) is 5.78 Å². The first kappa shape index (κ1) is 22.2. The number of nitrogens with zero attached hydrogens (tertiary/aromatic N) is 4. The number of aryl methyl sites for hydroxylation is 1. The number of hydrogen-bond donors (Lipinski definition) is 1. The van der Waals surface area contributed by atoms with E-state index in [2.05, 4.69) is 53.2 Å². The molecule has 1 aliphatic carbocycles. The first-order chi connectivity index (χ1) is 16.5. The van der Waals surface area contributed by atoms with E-state index in [0.29, 0.717) is 29.7 Å². The van der Waals surface area contributed by atoms with Crippen LogP contribution in [-0.2, 0) is 6.42 Å². The van der Waals surface area contributed by atoms with Gasteiger partial charge < -0.3 is 19.9 Å². The number of ketones is 1. The quantitative estimate of drug-likeness (QED) is 0.599. The molecule has 1 fully saturated rings. The van der Waals surface area contributed by atoms with Crippen molar-refractivity contribution in [2.45, 2.75) is 26.7 Å². The Bertz CT molecular complexity index is 1190. The molecule has 1 aliphatic heterocycles. The third-order valence-corrected chi connectivity index (χ3v) is 6.62. The molecule has 7 nitrogen and oxygen atoms in total. The van der Waals surface area contributed by atoms with Crippen LogP contribution in [0.15, 0.2) is 48.5 Å². The Kier molecular flexibility index (Phi) is 6.09. The van der Waals surface area contributed by atoms with E-state index in [1.165, 1.54) is 5.56 Å². The fourth-order valence-corrected chi connectivity index (χ4v) is 4.73. The molecule has 1 atom stereocenters. The van der Waals surface area contributed by atoms with Crippen LogP contribution in [0.25, 0.3) is 0 Å². The van der Waals surface area contributed by atoms with Crippen LogP contribution >= 0.6 is 0 Å². The molecular weight excluding hydrogens is 426 g/mol. The number of ether oxygens (including phenoxy) is 1. The Balaban J connectivity index is 1.41. The lowest BCUT2D eigenvalue weighted by molar-refractivity contribution is 0.0952. The van der Waals surface area contributed by atoms with E-state index in [-0.39, 0.29) is 5.78 Å². The summed E-state index contributed by atoms with van der Waals surface area (Å²) in [7, 11) is 1.69. The number of hydrogen-bond acceptors (Lipinski definition) is 7. The molecule has 5 rings (SSSR count). The Morgan fingerprint density at radius 1 is 0.971 bits per heavy atom. The number of carbonyl (C=O) groups excluding carboxylic acids is 1. The standard InChI is InChI=1S/C27H31N5O2/c1-18-7-9-20(10-8-18)28-26-25-23(15-19(2)16-24(25)33)29-27(30-26)32-13-11-31(12-14-32)21-5-4-6-22(17-21)34-3/h4-10,17,19H,11-16H2,1-3H3,(H,28,29,30). The number of nitrogens with one attached hydrogen (secondary N) is 1. The number of benzene rings is 2. The van der Waals surface area contributed by atoms with Gasteiger partial charge in [0, 0.05) is 50.0 Å². The lowest BCUT2D eigenvalue weighted by atomic mass is 9.87. The number of fused-ring (bicyclic) bond motifs is 1. The summed E-state index contributed by atoms with van der Waals surface area (Å²) in [4.78, 5) is 27.3. The second-order valence-corrected chi connectivity index (χ2v) is 9.30. The van der Waals surface area contributed by atoms with Crippen molar-refractivity contribution in [3.05, 3.63) is 65.4 Å². The Morgan fingerprint density at radius 2 is 1.71 bits per heavy atom. The number of carbonyl (C=O) groups is 1. The maximum absolute atomic E-state index is 13.0. The summed E-state index contributed by atoms with van der Waals surface area (Å²) in [5.41, 5.74) is 4.78. The van der Waals surface area contributed by atoms with Gasteiger partial charge in [0.2, 0.25) is 5.95 Å². The zero-order valence-electron chi connectivity index (χ0n) is 20.0. The molecule has 0 radical (unpaired) electrons. The predicted octanol–water partition coefficient (Wildman–Crippen LogP) is 4.63. The number of rotatable bonds is 5. The predicted molar refractivity (Wildman–Crippen MR) is 136 cm³/mol. The SMILES string of the molecule is COc1cccc(N2CCN(c3nc4c(c(Nc5ccc(C)cc5)n3)C(=O)CC(C)C4)CC2)c1. The van der Waals surface area contributed by atoms with Gasteiger partial charge in [0.1, 0.15) is 11.6 Å². The van der Waals surface area contributed by atoms with Gasteiger partial charge in [-0.3, -0.25) is 4.79 Å². The molecule has 2 aromatic carbocycles. The number of aromatic nitrogens is 2. The van der Waals surface area contributed by atoms with Crippen LogP contribution in [0.1, 0.15) is 35.0 Å².